The van der Waals surface area contributed by atoms with Crippen LogP contribution in [0.5, 0.6) is 0 Å². The first-order chi connectivity index (χ1) is 10.3. The molecular formula is C15H14F3NO2S. The summed E-state index contributed by atoms with van der Waals surface area (Å²) in [6.45, 7) is 3.38. The highest BCUT2D eigenvalue weighted by Gasteiger charge is 2.27. The smallest absolute Gasteiger partial charge is 0.264 e. The second-order valence-corrected chi connectivity index (χ2v) is 6.52. The zero-order valence-corrected chi connectivity index (χ0v) is 12.8. The highest BCUT2D eigenvalue weighted by molar-refractivity contribution is 7.92. The predicted octanol–water partition coefficient (Wildman–Crippen LogP) is 3.63. The molecule has 0 bridgehead atoms. The Hall–Kier alpha value is -2.02. The predicted molar refractivity (Wildman–Crippen MR) is 77.7 cm³/mol. The van der Waals surface area contributed by atoms with Crippen molar-refractivity contribution in [3.8, 4) is 0 Å². The summed E-state index contributed by atoms with van der Waals surface area (Å²) in [6, 6.07) is 7.68. The Balaban J connectivity index is 2.60. The van der Waals surface area contributed by atoms with Crippen LogP contribution in [0.2, 0.25) is 0 Å². The lowest BCUT2D eigenvalue weighted by atomic mass is 10.2. The second kappa shape index (κ2) is 6.00. The van der Waals surface area contributed by atoms with E-state index in [4.69, 9.17) is 0 Å². The summed E-state index contributed by atoms with van der Waals surface area (Å²) in [5, 5.41) is 0. The summed E-state index contributed by atoms with van der Waals surface area (Å²) in [6.07, 6.45) is 0. The third-order valence-electron chi connectivity index (χ3n) is 3.22. The van der Waals surface area contributed by atoms with Crippen molar-refractivity contribution in [2.75, 3.05) is 10.8 Å². The van der Waals surface area contributed by atoms with E-state index in [0.717, 1.165) is 4.31 Å². The number of hydrogen-bond acceptors (Lipinski definition) is 2. The molecule has 7 heteroatoms. The normalized spacial score (nSPS) is 11.5. The van der Waals surface area contributed by atoms with Crippen molar-refractivity contribution >= 4 is 15.7 Å². The third-order valence-corrected chi connectivity index (χ3v) is 5.08. The zero-order valence-electron chi connectivity index (χ0n) is 12.0. The van der Waals surface area contributed by atoms with Crippen molar-refractivity contribution in [3.63, 3.8) is 0 Å². The van der Waals surface area contributed by atoms with Gasteiger partial charge in [-0.1, -0.05) is 18.2 Å². The van der Waals surface area contributed by atoms with E-state index in [1.54, 1.807) is 38.1 Å². The van der Waals surface area contributed by atoms with Gasteiger partial charge in [0.25, 0.3) is 10.0 Å². The van der Waals surface area contributed by atoms with Gasteiger partial charge in [0.05, 0.1) is 10.6 Å². The van der Waals surface area contributed by atoms with E-state index in [1.165, 1.54) is 0 Å². The van der Waals surface area contributed by atoms with Gasteiger partial charge in [-0.25, -0.2) is 21.6 Å². The van der Waals surface area contributed by atoms with Gasteiger partial charge in [-0.2, -0.15) is 0 Å². The molecule has 0 amide bonds. The fourth-order valence-corrected chi connectivity index (χ4v) is 3.68. The number of hydrogen-bond donors (Lipinski definition) is 0. The van der Waals surface area contributed by atoms with Crippen molar-refractivity contribution < 1.29 is 21.6 Å². The van der Waals surface area contributed by atoms with E-state index in [-0.39, 0.29) is 6.54 Å². The molecule has 118 valence electrons. The molecule has 0 aliphatic heterocycles. The number of benzene rings is 2. The Morgan fingerprint density at radius 1 is 1.05 bits per heavy atom. The van der Waals surface area contributed by atoms with Crippen LogP contribution in [0.4, 0.5) is 18.9 Å². The lowest BCUT2D eigenvalue weighted by Crippen LogP contribution is -2.31. The Morgan fingerprint density at radius 2 is 1.59 bits per heavy atom. The number of sulfonamides is 1. The highest BCUT2D eigenvalue weighted by Crippen LogP contribution is 2.27. The number of anilines is 1. The number of para-hydroxylation sites is 1. The van der Waals surface area contributed by atoms with Crippen LogP contribution >= 0.6 is 0 Å². The first kappa shape index (κ1) is 16.4. The van der Waals surface area contributed by atoms with Crippen molar-refractivity contribution in [2.24, 2.45) is 0 Å². The molecule has 2 aromatic rings. The van der Waals surface area contributed by atoms with Crippen LogP contribution in [-0.2, 0) is 10.0 Å². The van der Waals surface area contributed by atoms with Gasteiger partial charge in [-0.3, -0.25) is 4.31 Å². The van der Waals surface area contributed by atoms with Gasteiger partial charge in [0, 0.05) is 6.54 Å². The molecule has 0 N–H and O–H groups in total. The van der Waals surface area contributed by atoms with E-state index in [2.05, 4.69) is 0 Å². The van der Waals surface area contributed by atoms with Gasteiger partial charge in [-0.05, 0) is 37.6 Å². The number of rotatable bonds is 4. The molecule has 0 aliphatic carbocycles. The molecular weight excluding hydrogens is 315 g/mol. The Bertz CT molecular complexity index is 783. The molecule has 0 aromatic heterocycles. The third kappa shape index (κ3) is 2.81. The summed E-state index contributed by atoms with van der Waals surface area (Å²) in [5.74, 6) is -4.78. The Kier molecular flexibility index (Phi) is 4.46. The molecule has 0 unspecified atom stereocenters. The van der Waals surface area contributed by atoms with Crippen LogP contribution in [0.3, 0.4) is 0 Å². The van der Waals surface area contributed by atoms with Crippen LogP contribution in [0, 0.1) is 24.4 Å². The molecule has 0 saturated heterocycles. The average Bonchev–Trinajstić information content (AvgIpc) is 2.46. The van der Waals surface area contributed by atoms with Gasteiger partial charge in [-0.15, -0.1) is 0 Å². The van der Waals surface area contributed by atoms with Gasteiger partial charge in [0.1, 0.15) is 0 Å². The fourth-order valence-electron chi connectivity index (χ4n) is 2.12. The van der Waals surface area contributed by atoms with Gasteiger partial charge in [0.15, 0.2) is 17.5 Å². The summed E-state index contributed by atoms with van der Waals surface area (Å²) >= 11 is 0. The first-order valence-corrected chi connectivity index (χ1v) is 7.96. The van der Waals surface area contributed by atoms with Crippen LogP contribution in [-0.4, -0.2) is 15.0 Å². The molecule has 0 aliphatic rings. The van der Waals surface area contributed by atoms with Crippen LogP contribution in [0.25, 0.3) is 0 Å². The minimum absolute atomic E-state index is 0.0633. The molecule has 0 spiro atoms. The molecule has 0 heterocycles. The van der Waals surface area contributed by atoms with Crippen molar-refractivity contribution in [1.29, 1.82) is 0 Å². The summed E-state index contributed by atoms with van der Waals surface area (Å²) < 4.78 is 65.9. The summed E-state index contributed by atoms with van der Waals surface area (Å²) in [7, 11) is -4.20. The van der Waals surface area contributed by atoms with Crippen molar-refractivity contribution in [3.05, 3.63) is 59.4 Å². The van der Waals surface area contributed by atoms with Crippen LogP contribution in [0.1, 0.15) is 12.5 Å². The van der Waals surface area contributed by atoms with E-state index < -0.39 is 32.4 Å². The van der Waals surface area contributed by atoms with Crippen molar-refractivity contribution in [1.82, 2.24) is 0 Å². The topological polar surface area (TPSA) is 37.4 Å². The Morgan fingerprint density at radius 3 is 2.09 bits per heavy atom. The lowest BCUT2D eigenvalue weighted by molar-refractivity contribution is 0.442. The lowest BCUT2D eigenvalue weighted by Gasteiger charge is -2.24. The molecule has 2 rings (SSSR count). The van der Waals surface area contributed by atoms with Crippen LogP contribution in [0.15, 0.2) is 41.3 Å². The average molecular weight is 329 g/mol. The van der Waals surface area contributed by atoms with E-state index in [9.17, 15) is 21.6 Å². The maximum atomic E-state index is 13.3. The van der Waals surface area contributed by atoms with Gasteiger partial charge >= 0.3 is 0 Å². The monoisotopic (exact) mass is 329 g/mol. The second-order valence-electron chi connectivity index (χ2n) is 4.66. The molecule has 0 saturated carbocycles. The molecule has 0 fully saturated rings. The first-order valence-electron chi connectivity index (χ1n) is 6.52. The molecule has 0 atom stereocenters. The maximum Gasteiger partial charge on any atom is 0.264 e. The minimum atomic E-state index is -4.20. The molecule has 2 aromatic carbocycles. The molecule has 22 heavy (non-hydrogen) atoms. The SMILES string of the molecule is CCN(c1ccccc1C)S(=O)(=O)c1cc(F)c(F)c(F)c1. The molecule has 0 radical (unpaired) electrons. The Labute approximate surface area is 127 Å². The van der Waals surface area contributed by atoms with Gasteiger partial charge < -0.3 is 0 Å². The quantitative estimate of drug-likeness (QED) is 0.803. The highest BCUT2D eigenvalue weighted by atomic mass is 32.2. The number of nitrogens with zero attached hydrogens (tertiary/aromatic N) is 1. The summed E-state index contributed by atoms with van der Waals surface area (Å²) in [5.41, 5.74) is 1.09. The van der Waals surface area contributed by atoms with E-state index in [1.807, 2.05) is 0 Å². The summed E-state index contributed by atoms with van der Waals surface area (Å²) in [4.78, 5) is -0.631. The number of aryl methyl sites for hydroxylation is 1. The van der Waals surface area contributed by atoms with E-state index >= 15 is 0 Å². The van der Waals surface area contributed by atoms with Gasteiger partial charge in [0.2, 0.25) is 0 Å². The minimum Gasteiger partial charge on any atom is -0.266 e. The van der Waals surface area contributed by atoms with Crippen molar-refractivity contribution in [2.45, 2.75) is 18.7 Å². The van der Waals surface area contributed by atoms with Crippen LogP contribution < -0.4 is 4.31 Å². The zero-order chi connectivity index (χ0) is 16.5. The standard InChI is InChI=1S/C15H14F3NO2S/c1-3-19(14-7-5-4-6-10(14)2)22(20,21)11-8-12(16)15(18)13(17)9-11/h4-9H,3H2,1-2H3. The number of halogens is 3. The fraction of sp³-hybridized carbons (Fsp3) is 0.200. The maximum absolute atomic E-state index is 13.3. The molecule has 3 nitrogen and oxygen atoms in total. The largest absolute Gasteiger partial charge is 0.266 e. The van der Waals surface area contributed by atoms with E-state index in [0.29, 0.717) is 23.4 Å².